The van der Waals surface area contributed by atoms with E-state index in [2.05, 4.69) is 16.6 Å². The number of nitrogens with zero attached hydrogens (tertiary/aromatic N) is 1. The first-order valence-corrected chi connectivity index (χ1v) is 9.15. The smallest absolute Gasteiger partial charge is 0.327 e. The Balaban J connectivity index is 1.87. The van der Waals surface area contributed by atoms with Gasteiger partial charge in [0.1, 0.15) is 6.04 Å². The molecule has 0 aromatic rings. The second-order valence-corrected chi connectivity index (χ2v) is 6.88. The van der Waals surface area contributed by atoms with Crippen molar-refractivity contribution in [2.24, 2.45) is 11.8 Å². The number of carboxylic acids is 1. The van der Waals surface area contributed by atoms with E-state index in [1.165, 1.54) is 0 Å². The van der Waals surface area contributed by atoms with Crippen molar-refractivity contribution in [3.8, 4) is 12.3 Å². The Morgan fingerprint density at radius 1 is 1.31 bits per heavy atom. The first-order valence-electron chi connectivity index (χ1n) is 9.15. The SMILES string of the molecule is C#CC[C@H](NC(=O)C1CCCN(C(=O)/C=C/C2CCNCC2)C1)C(=O)O. The van der Waals surface area contributed by atoms with Crippen molar-refractivity contribution in [1.82, 2.24) is 15.5 Å². The summed E-state index contributed by atoms with van der Waals surface area (Å²) in [5.74, 6) is 0.690. The van der Waals surface area contributed by atoms with Gasteiger partial charge in [0.15, 0.2) is 0 Å². The maximum atomic E-state index is 12.4. The summed E-state index contributed by atoms with van der Waals surface area (Å²) in [7, 11) is 0. The van der Waals surface area contributed by atoms with Gasteiger partial charge in [-0.2, -0.15) is 0 Å². The molecule has 3 N–H and O–H groups in total. The molecular weight excluding hydrogens is 334 g/mol. The van der Waals surface area contributed by atoms with Crippen LogP contribution in [0.3, 0.4) is 0 Å². The average molecular weight is 361 g/mol. The zero-order valence-corrected chi connectivity index (χ0v) is 14.9. The molecule has 0 saturated carbocycles. The minimum atomic E-state index is -1.15. The van der Waals surface area contributed by atoms with E-state index in [0.29, 0.717) is 25.4 Å². The Hall–Kier alpha value is -2.33. The molecule has 2 aliphatic rings. The van der Waals surface area contributed by atoms with Gasteiger partial charge in [-0.15, -0.1) is 12.3 Å². The van der Waals surface area contributed by atoms with Gasteiger partial charge in [0, 0.05) is 19.5 Å². The number of rotatable bonds is 6. The predicted octanol–water partition coefficient (Wildman–Crippen LogP) is 0.374. The van der Waals surface area contributed by atoms with Crippen LogP contribution in [0.4, 0.5) is 0 Å². The van der Waals surface area contributed by atoms with Crippen LogP contribution in [0.5, 0.6) is 0 Å². The van der Waals surface area contributed by atoms with Crippen molar-refractivity contribution in [1.29, 1.82) is 0 Å². The predicted molar refractivity (Wildman–Crippen MR) is 97.1 cm³/mol. The molecule has 26 heavy (non-hydrogen) atoms. The van der Waals surface area contributed by atoms with Crippen LogP contribution in [0.2, 0.25) is 0 Å². The fourth-order valence-electron chi connectivity index (χ4n) is 3.36. The Labute approximate surface area is 154 Å². The zero-order valence-electron chi connectivity index (χ0n) is 14.9. The first-order chi connectivity index (χ1) is 12.5. The van der Waals surface area contributed by atoms with E-state index in [9.17, 15) is 14.4 Å². The highest BCUT2D eigenvalue weighted by Crippen LogP contribution is 2.18. The summed E-state index contributed by atoms with van der Waals surface area (Å²) in [6, 6.07) is -1.08. The van der Waals surface area contributed by atoms with Crippen molar-refractivity contribution in [3.05, 3.63) is 12.2 Å². The Kier molecular flexibility index (Phi) is 7.67. The summed E-state index contributed by atoms with van der Waals surface area (Å²) < 4.78 is 0. The second kappa shape index (κ2) is 9.97. The van der Waals surface area contributed by atoms with Gasteiger partial charge in [-0.25, -0.2) is 4.79 Å². The minimum absolute atomic E-state index is 0.0601. The lowest BCUT2D eigenvalue weighted by Gasteiger charge is -2.32. The van der Waals surface area contributed by atoms with Crippen LogP contribution in [-0.2, 0) is 14.4 Å². The third-order valence-electron chi connectivity index (χ3n) is 4.94. The molecule has 1 unspecified atom stereocenters. The fraction of sp³-hybridized carbons (Fsp3) is 0.632. The van der Waals surface area contributed by atoms with Gasteiger partial charge in [-0.3, -0.25) is 9.59 Å². The Morgan fingerprint density at radius 2 is 2.04 bits per heavy atom. The quantitative estimate of drug-likeness (QED) is 0.469. The van der Waals surface area contributed by atoms with E-state index in [4.69, 9.17) is 11.5 Å². The molecule has 7 nitrogen and oxygen atoms in total. The van der Waals surface area contributed by atoms with E-state index in [-0.39, 0.29) is 18.2 Å². The lowest BCUT2D eigenvalue weighted by Crippen LogP contribution is -2.49. The van der Waals surface area contributed by atoms with Gasteiger partial charge >= 0.3 is 5.97 Å². The van der Waals surface area contributed by atoms with Crippen LogP contribution in [0, 0.1) is 24.2 Å². The third kappa shape index (κ3) is 5.88. The lowest BCUT2D eigenvalue weighted by molar-refractivity contribution is -0.143. The van der Waals surface area contributed by atoms with E-state index in [1.54, 1.807) is 11.0 Å². The number of likely N-dealkylation sites (tertiary alicyclic amines) is 1. The normalized spacial score (nSPS) is 22.6. The Morgan fingerprint density at radius 3 is 2.69 bits per heavy atom. The maximum absolute atomic E-state index is 12.4. The van der Waals surface area contributed by atoms with E-state index < -0.39 is 17.9 Å². The number of carbonyl (C=O) groups is 3. The molecule has 2 atom stereocenters. The van der Waals surface area contributed by atoms with E-state index >= 15 is 0 Å². The molecule has 2 saturated heterocycles. The van der Waals surface area contributed by atoms with Gasteiger partial charge < -0.3 is 20.6 Å². The monoisotopic (exact) mass is 361 g/mol. The van der Waals surface area contributed by atoms with Crippen LogP contribution < -0.4 is 10.6 Å². The molecule has 7 heteroatoms. The van der Waals surface area contributed by atoms with Crippen LogP contribution in [0.1, 0.15) is 32.1 Å². The molecule has 0 bridgehead atoms. The standard InChI is InChI=1S/C19H27N3O4/c1-2-4-16(19(25)26)21-18(24)15-5-3-12-22(13-15)17(23)7-6-14-8-10-20-11-9-14/h1,6-7,14-16,20H,3-5,8-13H2,(H,21,24)(H,25,26)/b7-6+/t15?,16-/m0/s1. The van der Waals surface area contributed by atoms with Crippen LogP contribution >= 0.6 is 0 Å². The molecule has 142 valence electrons. The lowest BCUT2D eigenvalue weighted by atomic mass is 9.95. The number of amides is 2. The summed E-state index contributed by atoms with van der Waals surface area (Å²) in [6.07, 6.45) is 12.1. The first kappa shape index (κ1) is 20.0. The number of hydrogen-bond acceptors (Lipinski definition) is 4. The molecule has 0 aromatic carbocycles. The molecule has 0 radical (unpaired) electrons. The number of carboxylic acid groups (broad SMARTS) is 1. The molecule has 2 heterocycles. The van der Waals surface area contributed by atoms with E-state index in [0.717, 1.165) is 32.4 Å². The second-order valence-electron chi connectivity index (χ2n) is 6.88. The fourth-order valence-corrected chi connectivity index (χ4v) is 3.36. The van der Waals surface area contributed by atoms with Crippen molar-refractivity contribution in [2.75, 3.05) is 26.2 Å². The summed E-state index contributed by atoms with van der Waals surface area (Å²) in [5.41, 5.74) is 0. The highest BCUT2D eigenvalue weighted by atomic mass is 16.4. The van der Waals surface area contributed by atoms with Crippen LogP contribution in [0.15, 0.2) is 12.2 Å². The largest absolute Gasteiger partial charge is 0.480 e. The number of carbonyl (C=O) groups excluding carboxylic acids is 2. The molecule has 2 aliphatic heterocycles. The molecule has 0 spiro atoms. The summed E-state index contributed by atoms with van der Waals surface area (Å²) >= 11 is 0. The average Bonchev–Trinajstić information content (AvgIpc) is 2.66. The number of allylic oxidation sites excluding steroid dienone is 1. The molecule has 2 amide bonds. The van der Waals surface area contributed by atoms with E-state index in [1.807, 2.05) is 6.08 Å². The molecule has 0 aromatic heterocycles. The number of hydrogen-bond donors (Lipinski definition) is 3. The Bertz CT molecular complexity index is 590. The minimum Gasteiger partial charge on any atom is -0.480 e. The zero-order chi connectivity index (χ0) is 18.9. The highest BCUT2D eigenvalue weighted by Gasteiger charge is 2.30. The van der Waals surface area contributed by atoms with Gasteiger partial charge in [0.2, 0.25) is 11.8 Å². The highest BCUT2D eigenvalue weighted by molar-refractivity contribution is 5.89. The molecular formula is C19H27N3O4. The summed E-state index contributed by atoms with van der Waals surface area (Å²) in [6.45, 7) is 2.87. The maximum Gasteiger partial charge on any atom is 0.327 e. The molecule has 0 aliphatic carbocycles. The number of piperidine rings is 2. The number of nitrogens with one attached hydrogen (secondary N) is 2. The van der Waals surface area contributed by atoms with Crippen molar-refractivity contribution >= 4 is 17.8 Å². The number of aliphatic carboxylic acids is 1. The van der Waals surface area contributed by atoms with Gasteiger partial charge in [0.25, 0.3) is 0 Å². The third-order valence-corrected chi connectivity index (χ3v) is 4.94. The van der Waals surface area contributed by atoms with Crippen molar-refractivity contribution < 1.29 is 19.5 Å². The van der Waals surface area contributed by atoms with Gasteiger partial charge in [-0.1, -0.05) is 6.08 Å². The van der Waals surface area contributed by atoms with Gasteiger partial charge in [0.05, 0.1) is 5.92 Å². The summed E-state index contributed by atoms with van der Waals surface area (Å²) in [5, 5.41) is 14.9. The van der Waals surface area contributed by atoms with Crippen molar-refractivity contribution in [2.45, 2.75) is 38.1 Å². The van der Waals surface area contributed by atoms with Crippen LogP contribution in [0.25, 0.3) is 0 Å². The summed E-state index contributed by atoms with van der Waals surface area (Å²) in [4.78, 5) is 37.6. The number of terminal acetylenes is 1. The van der Waals surface area contributed by atoms with Crippen molar-refractivity contribution in [3.63, 3.8) is 0 Å². The van der Waals surface area contributed by atoms with Gasteiger partial charge in [-0.05, 0) is 50.8 Å². The van der Waals surface area contributed by atoms with Crippen LogP contribution in [-0.4, -0.2) is 60.0 Å². The topological polar surface area (TPSA) is 98.7 Å². The molecule has 2 rings (SSSR count). The molecule has 2 fully saturated rings.